The maximum atomic E-state index is 12.9. The summed E-state index contributed by atoms with van der Waals surface area (Å²) in [7, 11) is 0. The number of Topliss-reactive ketones (excluding diaryl/α,β-unsaturated/α-hetero) is 1. The van der Waals surface area contributed by atoms with Crippen molar-refractivity contribution in [2.45, 2.75) is 13.5 Å². The van der Waals surface area contributed by atoms with Crippen molar-refractivity contribution in [1.82, 2.24) is 4.90 Å². The van der Waals surface area contributed by atoms with E-state index in [1.54, 1.807) is 0 Å². The number of morpholine rings is 1. The Morgan fingerprint density at radius 2 is 1.62 bits per heavy atom. The van der Waals surface area contributed by atoms with E-state index in [1.807, 2.05) is 54.6 Å². The van der Waals surface area contributed by atoms with Crippen LogP contribution in [0.25, 0.3) is 6.08 Å². The van der Waals surface area contributed by atoms with Gasteiger partial charge in [-0.3, -0.25) is 9.69 Å². The lowest BCUT2D eigenvalue weighted by Crippen LogP contribution is -2.39. The summed E-state index contributed by atoms with van der Waals surface area (Å²) in [5.41, 5.74) is 3.91. The number of rotatable bonds is 2. The Balaban J connectivity index is 0.00000169. The van der Waals surface area contributed by atoms with Crippen LogP contribution in [0.1, 0.15) is 35.0 Å². The minimum absolute atomic E-state index is 0. The maximum absolute atomic E-state index is 12.9. The van der Waals surface area contributed by atoms with Crippen LogP contribution in [0, 0.1) is 0 Å². The van der Waals surface area contributed by atoms with Crippen LogP contribution in [-0.4, -0.2) is 37.0 Å². The summed E-state index contributed by atoms with van der Waals surface area (Å²) in [5.74, 6) is 0.154. The van der Waals surface area contributed by atoms with Gasteiger partial charge in [0.05, 0.1) is 19.3 Å². The molecule has 1 saturated heterocycles. The predicted molar refractivity (Wildman–Crippen MR) is 97.1 cm³/mol. The van der Waals surface area contributed by atoms with Crippen molar-refractivity contribution in [3.05, 3.63) is 76.9 Å². The van der Waals surface area contributed by atoms with E-state index in [-0.39, 0.29) is 19.3 Å². The van der Waals surface area contributed by atoms with Gasteiger partial charge in [0.15, 0.2) is 5.78 Å². The number of ketones is 1. The maximum Gasteiger partial charge on any atom is 0.191 e. The summed E-state index contributed by atoms with van der Waals surface area (Å²) in [6.07, 6.45) is 2.04. The largest absolute Gasteiger partial charge is 0.379 e. The molecule has 0 bridgehead atoms. The van der Waals surface area contributed by atoms with E-state index in [4.69, 9.17) is 4.74 Å². The summed E-state index contributed by atoms with van der Waals surface area (Å²) in [4.78, 5) is 15.3. The predicted octanol–water partition coefficient (Wildman–Crippen LogP) is 3.98. The molecule has 1 aliphatic heterocycles. The number of carbonyl (C=O) groups excluding carboxylic acids is 1. The van der Waals surface area contributed by atoms with Gasteiger partial charge in [-0.1, -0.05) is 62.0 Å². The van der Waals surface area contributed by atoms with Gasteiger partial charge in [0, 0.05) is 24.2 Å². The van der Waals surface area contributed by atoms with E-state index in [1.165, 1.54) is 0 Å². The summed E-state index contributed by atoms with van der Waals surface area (Å²) < 4.78 is 5.48. The molecule has 1 fully saturated rings. The third kappa shape index (κ3) is 2.93. The molecule has 3 nitrogen and oxygen atoms in total. The number of carbonyl (C=O) groups is 1. The molecule has 1 aliphatic carbocycles. The lowest BCUT2D eigenvalue weighted by Gasteiger charge is -2.33. The monoisotopic (exact) mass is 321 g/mol. The number of nitrogens with zero attached hydrogens (tertiary/aromatic N) is 1. The molecule has 0 N–H and O–H groups in total. The fraction of sp³-hybridized carbons (Fsp3) is 0.286. The molecule has 124 valence electrons. The zero-order valence-corrected chi connectivity index (χ0v) is 12.9. The Kier molecular flexibility index (Phi) is 4.93. The molecule has 3 heteroatoms. The molecule has 1 atom stereocenters. The van der Waals surface area contributed by atoms with Gasteiger partial charge >= 0.3 is 0 Å². The highest BCUT2D eigenvalue weighted by molar-refractivity contribution is 6.16. The van der Waals surface area contributed by atoms with Gasteiger partial charge in [-0.2, -0.15) is 0 Å². The second-order valence-electron chi connectivity index (χ2n) is 5.98. The van der Waals surface area contributed by atoms with Crippen molar-refractivity contribution in [2.75, 3.05) is 26.3 Å². The van der Waals surface area contributed by atoms with Gasteiger partial charge < -0.3 is 4.74 Å². The van der Waals surface area contributed by atoms with Gasteiger partial charge in [-0.15, -0.1) is 0 Å². The van der Waals surface area contributed by atoms with Crippen molar-refractivity contribution >= 4 is 11.9 Å². The first-order chi connectivity index (χ1) is 11.3. The molecule has 0 radical (unpaired) electrons. The van der Waals surface area contributed by atoms with Crippen LogP contribution >= 0.6 is 0 Å². The van der Waals surface area contributed by atoms with Gasteiger partial charge in [-0.25, -0.2) is 0 Å². The molecule has 24 heavy (non-hydrogen) atoms. The Hall–Kier alpha value is -2.23. The number of fused-ring (bicyclic) bond motifs is 1. The van der Waals surface area contributed by atoms with Crippen LogP contribution in [0.2, 0.25) is 0 Å². The van der Waals surface area contributed by atoms with E-state index in [0.717, 1.165) is 48.6 Å². The second-order valence-corrected chi connectivity index (χ2v) is 5.98. The molecule has 4 rings (SSSR count). The average molecular weight is 321 g/mol. The van der Waals surface area contributed by atoms with Crippen LogP contribution in [-0.2, 0) is 4.74 Å². The third-order valence-corrected chi connectivity index (χ3v) is 4.59. The van der Waals surface area contributed by atoms with Crippen LogP contribution < -0.4 is 0 Å². The van der Waals surface area contributed by atoms with Crippen molar-refractivity contribution in [1.29, 1.82) is 0 Å². The first-order valence-corrected chi connectivity index (χ1v) is 8.06. The van der Waals surface area contributed by atoms with Crippen LogP contribution in [0.3, 0.4) is 0 Å². The Morgan fingerprint density at radius 1 is 0.958 bits per heavy atom. The topological polar surface area (TPSA) is 29.5 Å². The number of ether oxygens (including phenoxy) is 1. The fourth-order valence-corrected chi connectivity index (χ4v) is 3.49. The van der Waals surface area contributed by atoms with E-state index >= 15 is 0 Å². The van der Waals surface area contributed by atoms with Crippen molar-refractivity contribution < 1.29 is 9.53 Å². The second kappa shape index (κ2) is 7.12. The Morgan fingerprint density at radius 3 is 2.38 bits per heavy atom. The molecule has 0 spiro atoms. The first-order valence-electron chi connectivity index (χ1n) is 8.06. The third-order valence-electron chi connectivity index (χ3n) is 4.59. The summed E-state index contributed by atoms with van der Waals surface area (Å²) in [6.45, 7) is 3.17. The van der Waals surface area contributed by atoms with Crippen LogP contribution in [0.5, 0.6) is 0 Å². The summed E-state index contributed by atoms with van der Waals surface area (Å²) in [6, 6.07) is 18.1. The number of benzene rings is 2. The van der Waals surface area contributed by atoms with E-state index in [0.29, 0.717) is 0 Å². The minimum Gasteiger partial charge on any atom is -0.379 e. The Labute approximate surface area is 143 Å². The normalized spacial score (nSPS) is 22.2. The zero-order chi connectivity index (χ0) is 15.6. The minimum atomic E-state index is 0. The quantitative estimate of drug-likeness (QED) is 0.784. The lowest BCUT2D eigenvalue weighted by atomic mass is 10.0. The highest BCUT2D eigenvalue weighted by atomic mass is 16.5. The SMILES string of the molecule is C.O=C1/C(=C/c2ccccc2)C(N2CCOCC2)c2ccccc21. The molecular weight excluding hydrogens is 298 g/mol. The molecule has 1 heterocycles. The molecular formula is C21H23NO2. The lowest BCUT2D eigenvalue weighted by molar-refractivity contribution is 0.0242. The molecule has 2 aliphatic rings. The van der Waals surface area contributed by atoms with Crippen LogP contribution in [0.4, 0.5) is 0 Å². The van der Waals surface area contributed by atoms with E-state index in [2.05, 4.69) is 11.0 Å². The fourth-order valence-electron chi connectivity index (χ4n) is 3.49. The molecule has 0 aromatic heterocycles. The smallest absolute Gasteiger partial charge is 0.191 e. The molecule has 0 amide bonds. The molecule has 0 saturated carbocycles. The highest BCUT2D eigenvalue weighted by Gasteiger charge is 2.38. The molecule has 2 aromatic rings. The Bertz CT molecular complexity index is 745. The molecule has 1 unspecified atom stereocenters. The molecule has 2 aromatic carbocycles. The van der Waals surface area contributed by atoms with Gasteiger partial charge in [0.2, 0.25) is 0 Å². The zero-order valence-electron chi connectivity index (χ0n) is 12.9. The van der Waals surface area contributed by atoms with Gasteiger partial charge in [-0.05, 0) is 17.2 Å². The van der Waals surface area contributed by atoms with Crippen LogP contribution in [0.15, 0.2) is 60.2 Å². The van der Waals surface area contributed by atoms with Gasteiger partial charge in [0.1, 0.15) is 0 Å². The van der Waals surface area contributed by atoms with Crippen molar-refractivity contribution in [3.63, 3.8) is 0 Å². The number of hydrogen-bond acceptors (Lipinski definition) is 3. The standard InChI is InChI=1S/C20H19NO2.CH4/c22-20-17-9-5-4-8-16(17)19(21-10-12-23-13-11-21)18(20)14-15-6-2-1-3-7-15;/h1-9,14,19H,10-13H2;1H4/b18-14+;. The van der Waals surface area contributed by atoms with Crippen molar-refractivity contribution in [2.24, 2.45) is 0 Å². The van der Waals surface area contributed by atoms with Gasteiger partial charge in [0.25, 0.3) is 0 Å². The summed E-state index contributed by atoms with van der Waals surface area (Å²) >= 11 is 0. The van der Waals surface area contributed by atoms with E-state index in [9.17, 15) is 4.79 Å². The van der Waals surface area contributed by atoms with Crippen molar-refractivity contribution in [3.8, 4) is 0 Å². The summed E-state index contributed by atoms with van der Waals surface area (Å²) in [5, 5.41) is 0. The first kappa shape index (κ1) is 16.6. The number of hydrogen-bond donors (Lipinski definition) is 0. The highest BCUT2D eigenvalue weighted by Crippen LogP contribution is 2.41. The average Bonchev–Trinajstić information content (AvgIpc) is 2.89. The van der Waals surface area contributed by atoms with E-state index < -0.39 is 0 Å².